The number of fused-ring (bicyclic) bond motifs is 2. The van der Waals surface area contributed by atoms with Crippen molar-refractivity contribution >= 4 is 5.97 Å². The fraction of sp³-hybridized carbons (Fsp3) is 0.889. The van der Waals surface area contributed by atoms with Gasteiger partial charge in [-0.2, -0.15) is 0 Å². The highest BCUT2D eigenvalue weighted by atomic mass is 16.4. The summed E-state index contributed by atoms with van der Waals surface area (Å²) in [6.07, 6.45) is 1.74. The molecule has 2 bridgehead atoms. The molecule has 2 aliphatic rings. The average Bonchev–Trinajstić information content (AvgIpc) is 2.44. The number of carbonyl (C=O) groups is 1. The van der Waals surface area contributed by atoms with E-state index in [9.17, 15) is 9.90 Å². The van der Waals surface area contributed by atoms with E-state index in [-0.39, 0.29) is 12.1 Å². The number of aliphatic hydroxyl groups excluding tert-OH is 1. The molecule has 0 aromatic carbocycles. The molecule has 0 aromatic rings. The molecule has 5 nitrogen and oxygen atoms in total. The van der Waals surface area contributed by atoms with Crippen molar-refractivity contribution in [3.63, 3.8) is 0 Å². The van der Waals surface area contributed by atoms with Crippen LogP contribution in [0.25, 0.3) is 0 Å². The molecular formula is C9H16N2O3. The third-order valence-electron chi connectivity index (χ3n) is 3.37. The van der Waals surface area contributed by atoms with E-state index in [2.05, 4.69) is 5.32 Å². The fourth-order valence-electron chi connectivity index (χ4n) is 2.69. The van der Waals surface area contributed by atoms with E-state index in [1.807, 2.05) is 0 Å². The summed E-state index contributed by atoms with van der Waals surface area (Å²) >= 11 is 0. The highest BCUT2D eigenvalue weighted by Gasteiger charge is 2.47. The van der Waals surface area contributed by atoms with Crippen LogP contribution in [0.15, 0.2) is 0 Å². The molecule has 80 valence electrons. The van der Waals surface area contributed by atoms with Gasteiger partial charge in [-0.15, -0.1) is 0 Å². The molecule has 0 amide bonds. The molecule has 3 unspecified atom stereocenters. The first-order valence-corrected chi connectivity index (χ1v) is 4.97. The lowest BCUT2D eigenvalue weighted by Crippen LogP contribution is -2.62. The smallest absolute Gasteiger partial charge is 0.334 e. The minimum atomic E-state index is -1.44. The summed E-state index contributed by atoms with van der Waals surface area (Å²) in [7, 11) is 0. The van der Waals surface area contributed by atoms with Gasteiger partial charge in [0.1, 0.15) is 0 Å². The number of aliphatic hydroxyl groups is 1. The number of nitrogens with two attached hydrogens (primary N) is 1. The Morgan fingerprint density at radius 2 is 1.93 bits per heavy atom. The zero-order valence-electron chi connectivity index (χ0n) is 7.94. The number of nitrogens with one attached hydrogen (secondary N) is 1. The average molecular weight is 200 g/mol. The van der Waals surface area contributed by atoms with E-state index in [1.165, 1.54) is 0 Å². The van der Waals surface area contributed by atoms with Crippen LogP contribution in [0.2, 0.25) is 0 Å². The van der Waals surface area contributed by atoms with Crippen molar-refractivity contribution in [1.29, 1.82) is 0 Å². The Bertz CT molecular complexity index is 244. The van der Waals surface area contributed by atoms with Crippen LogP contribution >= 0.6 is 0 Å². The van der Waals surface area contributed by atoms with Crippen LogP contribution in [0, 0.1) is 0 Å². The topological polar surface area (TPSA) is 95.6 Å². The van der Waals surface area contributed by atoms with Crippen LogP contribution in [-0.4, -0.2) is 39.9 Å². The maximum Gasteiger partial charge on any atom is 0.334 e. The van der Waals surface area contributed by atoms with E-state index in [1.54, 1.807) is 0 Å². The van der Waals surface area contributed by atoms with Crippen LogP contribution in [0.1, 0.15) is 25.7 Å². The number of hydrogen-bond donors (Lipinski definition) is 4. The van der Waals surface area contributed by atoms with Crippen LogP contribution in [-0.2, 0) is 4.79 Å². The first-order valence-electron chi connectivity index (χ1n) is 4.97. The Balaban J connectivity index is 2.12. The Labute approximate surface area is 82.3 Å². The van der Waals surface area contributed by atoms with Crippen LogP contribution < -0.4 is 11.1 Å². The van der Waals surface area contributed by atoms with Gasteiger partial charge in [0.2, 0.25) is 0 Å². The van der Waals surface area contributed by atoms with Gasteiger partial charge in [0.25, 0.3) is 0 Å². The molecule has 0 aliphatic carbocycles. The van der Waals surface area contributed by atoms with Crippen molar-refractivity contribution in [2.24, 2.45) is 5.73 Å². The summed E-state index contributed by atoms with van der Waals surface area (Å²) in [4.78, 5) is 10.7. The predicted molar refractivity (Wildman–Crippen MR) is 49.7 cm³/mol. The van der Waals surface area contributed by atoms with Gasteiger partial charge >= 0.3 is 5.97 Å². The molecule has 2 rings (SSSR count). The molecule has 0 saturated carbocycles. The van der Waals surface area contributed by atoms with Crippen molar-refractivity contribution in [3.8, 4) is 0 Å². The zero-order chi connectivity index (χ0) is 10.3. The fourth-order valence-corrected chi connectivity index (χ4v) is 2.69. The molecule has 2 fully saturated rings. The summed E-state index contributed by atoms with van der Waals surface area (Å²) in [6.45, 7) is 0. The number of carboxylic acids is 1. The number of rotatable bonds is 2. The van der Waals surface area contributed by atoms with E-state index in [0.29, 0.717) is 12.8 Å². The highest BCUT2D eigenvalue weighted by molar-refractivity contribution is 5.74. The monoisotopic (exact) mass is 200 g/mol. The van der Waals surface area contributed by atoms with Gasteiger partial charge in [0, 0.05) is 12.1 Å². The Hall–Kier alpha value is -0.650. The zero-order valence-corrected chi connectivity index (χ0v) is 7.94. The van der Waals surface area contributed by atoms with Crippen molar-refractivity contribution in [2.45, 2.75) is 49.4 Å². The molecule has 2 heterocycles. The van der Waals surface area contributed by atoms with Gasteiger partial charge in [-0.3, -0.25) is 0 Å². The summed E-state index contributed by atoms with van der Waals surface area (Å²) in [5, 5.41) is 21.6. The molecule has 0 spiro atoms. The first-order chi connectivity index (χ1) is 6.51. The summed E-state index contributed by atoms with van der Waals surface area (Å²) in [5.74, 6) is -1.21. The maximum absolute atomic E-state index is 10.7. The van der Waals surface area contributed by atoms with Gasteiger partial charge in [-0.1, -0.05) is 0 Å². The molecule has 5 N–H and O–H groups in total. The molecule has 3 atom stereocenters. The molecule has 2 saturated heterocycles. The van der Waals surface area contributed by atoms with Gasteiger partial charge in [0.15, 0.2) is 6.10 Å². The van der Waals surface area contributed by atoms with Crippen molar-refractivity contribution in [3.05, 3.63) is 0 Å². The Kier molecular flexibility index (Phi) is 2.25. The second-order valence-corrected chi connectivity index (χ2v) is 4.52. The number of hydrogen-bond acceptors (Lipinski definition) is 4. The third-order valence-corrected chi connectivity index (χ3v) is 3.37. The quantitative estimate of drug-likeness (QED) is 0.460. The van der Waals surface area contributed by atoms with E-state index >= 15 is 0 Å². The van der Waals surface area contributed by atoms with Crippen molar-refractivity contribution in [2.75, 3.05) is 0 Å². The third kappa shape index (κ3) is 1.51. The molecule has 0 radical (unpaired) electrons. The van der Waals surface area contributed by atoms with Crippen molar-refractivity contribution in [1.82, 2.24) is 5.32 Å². The van der Waals surface area contributed by atoms with E-state index in [0.717, 1.165) is 12.8 Å². The first kappa shape index (κ1) is 9.89. The standard InChI is InChI=1S/C9H16N2O3/c10-9(7(12)8(13)14)3-5-1-2-6(4-9)11-5/h5-7,11-12H,1-4,10H2,(H,13,14). The number of piperidine rings is 1. The second-order valence-electron chi connectivity index (χ2n) is 4.52. The minimum absolute atomic E-state index is 0.285. The maximum atomic E-state index is 10.7. The molecule has 5 heteroatoms. The summed E-state index contributed by atoms with van der Waals surface area (Å²) in [5.41, 5.74) is 5.01. The van der Waals surface area contributed by atoms with Gasteiger partial charge in [-0.25, -0.2) is 4.79 Å². The normalized spacial score (nSPS) is 43.6. The summed E-state index contributed by atoms with van der Waals surface area (Å²) in [6, 6.07) is 0.570. The van der Waals surface area contributed by atoms with Crippen LogP contribution in [0.3, 0.4) is 0 Å². The Morgan fingerprint density at radius 3 is 2.36 bits per heavy atom. The lowest BCUT2D eigenvalue weighted by atomic mass is 9.80. The minimum Gasteiger partial charge on any atom is -0.479 e. The summed E-state index contributed by atoms with van der Waals surface area (Å²) < 4.78 is 0. The lowest BCUT2D eigenvalue weighted by Gasteiger charge is -2.39. The molecular weight excluding hydrogens is 184 g/mol. The highest BCUT2D eigenvalue weighted by Crippen LogP contribution is 2.34. The van der Waals surface area contributed by atoms with Crippen LogP contribution in [0.5, 0.6) is 0 Å². The number of aliphatic carboxylic acids is 1. The molecule has 0 aromatic heterocycles. The van der Waals surface area contributed by atoms with Gasteiger partial charge in [0.05, 0.1) is 5.54 Å². The molecule has 2 aliphatic heterocycles. The second kappa shape index (κ2) is 3.18. The Morgan fingerprint density at radius 1 is 1.43 bits per heavy atom. The lowest BCUT2D eigenvalue weighted by molar-refractivity contribution is -0.151. The van der Waals surface area contributed by atoms with Gasteiger partial charge < -0.3 is 21.3 Å². The number of carboxylic acid groups (broad SMARTS) is 1. The van der Waals surface area contributed by atoms with Crippen molar-refractivity contribution < 1.29 is 15.0 Å². The van der Waals surface area contributed by atoms with E-state index in [4.69, 9.17) is 10.8 Å². The molecule has 14 heavy (non-hydrogen) atoms. The van der Waals surface area contributed by atoms with Gasteiger partial charge in [-0.05, 0) is 25.7 Å². The van der Waals surface area contributed by atoms with Crippen LogP contribution in [0.4, 0.5) is 0 Å². The predicted octanol–water partition coefficient (Wildman–Crippen LogP) is -0.956. The van der Waals surface area contributed by atoms with E-state index < -0.39 is 17.6 Å². The largest absolute Gasteiger partial charge is 0.479 e. The SMILES string of the molecule is NC1(C(O)C(=O)O)CC2CCC(C1)N2.